The molecule has 264 valence electrons. The van der Waals surface area contributed by atoms with Crippen LogP contribution in [0.5, 0.6) is 11.5 Å². The average molecular weight is 684 g/mol. The van der Waals surface area contributed by atoms with Gasteiger partial charge in [-0.3, -0.25) is 25.1 Å². The lowest BCUT2D eigenvalue weighted by Gasteiger charge is -2.40. The Hall–Kier alpha value is -4.96. The first-order valence-electron chi connectivity index (χ1n) is 16.1. The molecule has 16 heteroatoms. The fourth-order valence-corrected chi connectivity index (χ4v) is 6.20. The molecule has 3 heterocycles. The van der Waals surface area contributed by atoms with Gasteiger partial charge in [-0.25, -0.2) is 9.59 Å². The smallest absolute Gasteiger partial charge is 0.339 e. The first-order chi connectivity index (χ1) is 23.4. The molecule has 0 amide bonds. The Labute approximate surface area is 283 Å². The van der Waals surface area contributed by atoms with Gasteiger partial charge in [0.1, 0.15) is 30.3 Å². The third-order valence-electron chi connectivity index (χ3n) is 8.24. The van der Waals surface area contributed by atoms with Gasteiger partial charge < -0.3 is 34.3 Å². The Bertz CT molecular complexity index is 1610. The predicted octanol–water partition coefficient (Wildman–Crippen LogP) is 4.72. The lowest BCUT2D eigenvalue weighted by Crippen LogP contribution is -2.55. The van der Waals surface area contributed by atoms with E-state index in [4.69, 9.17) is 23.7 Å². The topological polar surface area (TPSA) is 194 Å². The Kier molecular flexibility index (Phi) is 10.9. The fraction of sp³-hybridized carbons (Fsp3) is 0.515. The molecule has 2 saturated heterocycles. The van der Waals surface area contributed by atoms with Gasteiger partial charge in [0.15, 0.2) is 11.4 Å². The molecule has 0 spiro atoms. The summed E-state index contributed by atoms with van der Waals surface area (Å²) in [6, 6.07) is 4.74. The molecule has 5 rings (SSSR count). The number of hydrogen-bond acceptors (Lipinski definition) is 14. The minimum atomic E-state index is -0.842. The number of anilines is 2. The van der Waals surface area contributed by atoms with E-state index in [9.17, 15) is 29.8 Å². The second kappa shape index (κ2) is 15.1. The van der Waals surface area contributed by atoms with Crippen LogP contribution in [0.15, 0.2) is 36.4 Å². The Morgan fingerprint density at radius 3 is 1.76 bits per heavy atom. The van der Waals surface area contributed by atoms with Crippen molar-refractivity contribution in [1.29, 1.82) is 0 Å². The lowest BCUT2D eigenvalue weighted by molar-refractivity contribution is -0.384. The molecule has 2 unspecified atom stereocenters. The van der Waals surface area contributed by atoms with Crippen LogP contribution >= 0.6 is 0 Å². The fourth-order valence-electron chi connectivity index (χ4n) is 6.20. The van der Waals surface area contributed by atoms with Crippen molar-refractivity contribution in [1.82, 2.24) is 4.90 Å². The molecule has 16 nitrogen and oxygen atoms in total. The number of nitro benzene ring substituents is 2. The molecule has 0 aromatic heterocycles. The summed E-state index contributed by atoms with van der Waals surface area (Å²) in [5.74, 6) is -1.33. The summed E-state index contributed by atoms with van der Waals surface area (Å²) in [5.41, 5.74) is -1.51. The standard InChI is InChI=1S/C33H41N5O11/c1-5-46-31(39)20-12-25(37(41)42)29-27(14-20)47-18-24(36-22-8-9-23(36)17-45-16-22)19-48-28-15-21(32(40)49-33(2,3)4)13-26(38(43)44)30(28)35-11-7-6-10-34-29/h6-7,12-15,22-24,34-35H,5,8-11,16-19H2,1-4H3/b7-6+/t22?,23?,24-/m1/s1. The van der Waals surface area contributed by atoms with Crippen LogP contribution in [-0.2, 0) is 14.2 Å². The van der Waals surface area contributed by atoms with Crippen molar-refractivity contribution in [3.63, 3.8) is 0 Å². The van der Waals surface area contributed by atoms with E-state index >= 15 is 0 Å². The van der Waals surface area contributed by atoms with E-state index in [-0.39, 0.29) is 90.4 Å². The van der Waals surface area contributed by atoms with Crippen LogP contribution in [-0.4, -0.2) is 96.5 Å². The molecule has 0 radical (unpaired) electrons. The van der Waals surface area contributed by atoms with Crippen molar-refractivity contribution in [2.75, 3.05) is 56.8 Å². The van der Waals surface area contributed by atoms with Crippen LogP contribution in [0, 0.1) is 20.2 Å². The largest absolute Gasteiger partial charge is 0.489 e. The average Bonchev–Trinajstić information content (AvgIpc) is 3.27. The molecule has 2 bridgehead atoms. The zero-order chi connectivity index (χ0) is 35.3. The van der Waals surface area contributed by atoms with E-state index in [1.807, 2.05) is 0 Å². The summed E-state index contributed by atoms with van der Waals surface area (Å²) in [5, 5.41) is 30.6. The Morgan fingerprint density at radius 1 is 0.816 bits per heavy atom. The van der Waals surface area contributed by atoms with Gasteiger partial charge in [-0.05, 0) is 52.7 Å². The molecule has 0 aliphatic carbocycles. The summed E-state index contributed by atoms with van der Waals surface area (Å²) in [6.07, 6.45) is 5.09. The zero-order valence-electron chi connectivity index (χ0n) is 27.9. The summed E-state index contributed by atoms with van der Waals surface area (Å²) in [7, 11) is 0. The maximum absolute atomic E-state index is 13.1. The van der Waals surface area contributed by atoms with Crippen molar-refractivity contribution >= 4 is 34.7 Å². The van der Waals surface area contributed by atoms with Crippen molar-refractivity contribution in [3.8, 4) is 11.5 Å². The molecule has 2 aromatic rings. The molecular formula is C33H41N5O11. The van der Waals surface area contributed by atoms with E-state index in [1.165, 1.54) is 12.1 Å². The van der Waals surface area contributed by atoms with Crippen LogP contribution in [0.2, 0.25) is 0 Å². The van der Waals surface area contributed by atoms with Crippen molar-refractivity contribution in [3.05, 3.63) is 67.8 Å². The first-order valence-corrected chi connectivity index (χ1v) is 16.1. The minimum Gasteiger partial charge on any atom is -0.489 e. The number of hydrogen-bond donors (Lipinski definition) is 2. The molecule has 3 aliphatic rings. The van der Waals surface area contributed by atoms with Crippen LogP contribution in [0.3, 0.4) is 0 Å². The molecular weight excluding hydrogens is 642 g/mol. The monoisotopic (exact) mass is 683 g/mol. The third-order valence-corrected chi connectivity index (χ3v) is 8.24. The highest BCUT2D eigenvalue weighted by molar-refractivity contribution is 5.94. The van der Waals surface area contributed by atoms with E-state index in [2.05, 4.69) is 15.5 Å². The number of rotatable bonds is 6. The number of morpholine rings is 1. The van der Waals surface area contributed by atoms with Gasteiger partial charge in [0.25, 0.3) is 11.4 Å². The first kappa shape index (κ1) is 35.3. The minimum absolute atomic E-state index is 0.0302. The molecule has 49 heavy (non-hydrogen) atoms. The molecule has 2 fully saturated rings. The second-order valence-corrected chi connectivity index (χ2v) is 12.9. The van der Waals surface area contributed by atoms with Gasteiger partial charge in [0.05, 0.1) is 46.8 Å². The summed E-state index contributed by atoms with van der Waals surface area (Å²) >= 11 is 0. The molecule has 3 atom stereocenters. The number of nitrogens with zero attached hydrogens (tertiary/aromatic N) is 3. The number of carbonyl (C=O) groups is 2. The van der Waals surface area contributed by atoms with E-state index in [0.29, 0.717) is 13.2 Å². The second-order valence-electron chi connectivity index (χ2n) is 12.9. The number of ether oxygens (including phenoxy) is 5. The van der Waals surface area contributed by atoms with Crippen LogP contribution in [0.25, 0.3) is 0 Å². The number of fused-ring (bicyclic) bond motifs is 4. The van der Waals surface area contributed by atoms with Crippen LogP contribution in [0.4, 0.5) is 22.7 Å². The highest BCUT2D eigenvalue weighted by Crippen LogP contribution is 2.40. The normalized spacial score (nSPS) is 21.8. The van der Waals surface area contributed by atoms with Crippen LogP contribution < -0.4 is 20.1 Å². The third kappa shape index (κ3) is 8.37. The highest BCUT2D eigenvalue weighted by Gasteiger charge is 2.42. The summed E-state index contributed by atoms with van der Waals surface area (Å²) in [4.78, 5) is 51.3. The van der Waals surface area contributed by atoms with Gasteiger partial charge in [-0.2, -0.15) is 0 Å². The van der Waals surface area contributed by atoms with Gasteiger partial charge in [-0.1, -0.05) is 12.2 Å². The SMILES string of the molecule is CCOC(=O)c1cc2c(c([N+](=O)[O-])c1)NC/C=C/CNc1c(cc(C(=O)OC(C)(C)C)cc1[N+](=O)[O-])OC[C@H](N1C3CCC1COC3)CO2. The van der Waals surface area contributed by atoms with Crippen molar-refractivity contribution in [2.45, 2.75) is 64.3 Å². The van der Waals surface area contributed by atoms with Crippen LogP contribution in [0.1, 0.15) is 61.3 Å². The number of benzene rings is 2. The van der Waals surface area contributed by atoms with E-state index in [0.717, 1.165) is 25.0 Å². The Balaban J connectivity index is 1.57. The zero-order valence-corrected chi connectivity index (χ0v) is 27.9. The molecule has 2 aromatic carbocycles. The number of nitro groups is 2. The Morgan fingerprint density at radius 2 is 1.31 bits per heavy atom. The van der Waals surface area contributed by atoms with Gasteiger partial charge in [-0.15, -0.1) is 0 Å². The summed E-state index contributed by atoms with van der Waals surface area (Å²) in [6.45, 7) is 7.97. The van der Waals surface area contributed by atoms with Gasteiger partial charge in [0, 0.05) is 37.3 Å². The maximum atomic E-state index is 13.1. The molecule has 0 saturated carbocycles. The summed E-state index contributed by atoms with van der Waals surface area (Å²) < 4.78 is 29.1. The molecule has 3 aliphatic heterocycles. The van der Waals surface area contributed by atoms with Crippen molar-refractivity contribution < 1.29 is 43.1 Å². The van der Waals surface area contributed by atoms with Crippen molar-refractivity contribution in [2.24, 2.45) is 0 Å². The number of esters is 2. The highest BCUT2D eigenvalue weighted by atomic mass is 16.6. The van der Waals surface area contributed by atoms with E-state index in [1.54, 1.807) is 39.8 Å². The number of nitrogens with one attached hydrogen (secondary N) is 2. The number of carbonyl (C=O) groups excluding carboxylic acids is 2. The van der Waals surface area contributed by atoms with E-state index < -0.39 is 33.4 Å². The van der Waals surface area contributed by atoms with Gasteiger partial charge >= 0.3 is 11.9 Å². The predicted molar refractivity (Wildman–Crippen MR) is 178 cm³/mol. The maximum Gasteiger partial charge on any atom is 0.339 e. The van der Waals surface area contributed by atoms with Gasteiger partial charge in [0.2, 0.25) is 0 Å². The molecule has 2 N–H and O–H groups in total. The quantitative estimate of drug-likeness (QED) is 0.184. The lowest BCUT2D eigenvalue weighted by atomic mass is 10.1.